The number of rotatable bonds is 1. The number of hydrogen-bond donors (Lipinski definition) is 1. The molecule has 0 fully saturated rings. The molecule has 88 valence electrons. The zero-order chi connectivity index (χ0) is 12.6. The Morgan fingerprint density at radius 1 is 1.00 bits per heavy atom. The zero-order valence-electron chi connectivity index (χ0n) is 10.1. The molecule has 3 nitrogen and oxygen atoms in total. The highest BCUT2D eigenvalue weighted by Gasteiger charge is 2.11. The van der Waals surface area contributed by atoms with E-state index in [0.29, 0.717) is 11.0 Å². The van der Waals surface area contributed by atoms with E-state index in [1.807, 2.05) is 0 Å². The number of anilines is 1. The van der Waals surface area contributed by atoms with Crippen LogP contribution in [0.1, 0.15) is 16.7 Å². The van der Waals surface area contributed by atoms with Crippen molar-refractivity contribution in [2.75, 3.05) is 5.73 Å². The fourth-order valence-electron chi connectivity index (χ4n) is 2.18. The molecule has 0 amide bonds. The van der Waals surface area contributed by atoms with Gasteiger partial charge in [0.15, 0.2) is 11.0 Å². The van der Waals surface area contributed by atoms with Gasteiger partial charge in [0, 0.05) is 5.56 Å². The normalized spacial score (nSPS) is 10.6. The molecule has 2 aromatic rings. The maximum absolute atomic E-state index is 5.87. The lowest BCUT2D eigenvalue weighted by Gasteiger charge is -2.12. The molecule has 0 unspecified atom stereocenters. The maximum Gasteiger partial charge on any atom is 0.154 e. The van der Waals surface area contributed by atoms with E-state index in [0.717, 1.165) is 11.1 Å². The number of nitrogens with zero attached hydrogens (tertiary/aromatic N) is 2. The quantitative estimate of drug-likeness (QED) is 0.841. The van der Waals surface area contributed by atoms with Crippen molar-refractivity contribution in [3.05, 3.63) is 40.0 Å². The summed E-state index contributed by atoms with van der Waals surface area (Å²) in [6, 6.07) is 6.00. The second-order valence-electron chi connectivity index (χ2n) is 4.24. The summed E-state index contributed by atoms with van der Waals surface area (Å²) in [5, 5.41) is 7.94. The van der Waals surface area contributed by atoms with E-state index in [-0.39, 0.29) is 0 Å². The van der Waals surface area contributed by atoms with Crippen LogP contribution >= 0.6 is 11.6 Å². The van der Waals surface area contributed by atoms with Crippen molar-refractivity contribution in [3.8, 4) is 11.1 Å². The molecule has 1 heterocycles. The minimum Gasteiger partial charge on any atom is -0.382 e. The molecule has 2 rings (SSSR count). The number of hydrogen-bond acceptors (Lipinski definition) is 3. The molecule has 0 saturated heterocycles. The third-order valence-electron chi connectivity index (χ3n) is 2.74. The van der Waals surface area contributed by atoms with E-state index >= 15 is 0 Å². The summed E-state index contributed by atoms with van der Waals surface area (Å²) in [6.07, 6.45) is 0. The molecule has 1 aromatic carbocycles. The largest absolute Gasteiger partial charge is 0.382 e. The minimum absolute atomic E-state index is 0.355. The Hall–Kier alpha value is -1.61. The summed E-state index contributed by atoms with van der Waals surface area (Å²) in [6.45, 7) is 6.19. The molecular weight excluding hydrogens is 234 g/mol. The first-order chi connectivity index (χ1) is 7.99. The fourth-order valence-corrected chi connectivity index (χ4v) is 2.33. The van der Waals surface area contributed by atoms with Gasteiger partial charge in [0.05, 0.1) is 0 Å². The number of nitrogens with two attached hydrogens (primary N) is 1. The summed E-state index contributed by atoms with van der Waals surface area (Å²) in [7, 11) is 0. The van der Waals surface area contributed by atoms with Crippen LogP contribution in [-0.4, -0.2) is 10.2 Å². The van der Waals surface area contributed by atoms with Crippen molar-refractivity contribution < 1.29 is 0 Å². The Balaban J connectivity index is 2.72. The fraction of sp³-hybridized carbons (Fsp3) is 0.231. The van der Waals surface area contributed by atoms with Gasteiger partial charge in [-0.25, -0.2) is 0 Å². The van der Waals surface area contributed by atoms with Gasteiger partial charge in [0.25, 0.3) is 0 Å². The van der Waals surface area contributed by atoms with E-state index < -0.39 is 0 Å². The molecule has 0 bridgehead atoms. The highest BCUT2D eigenvalue weighted by Crippen LogP contribution is 2.32. The summed E-state index contributed by atoms with van der Waals surface area (Å²) in [5.74, 6) is 0.407. The van der Waals surface area contributed by atoms with Crippen molar-refractivity contribution in [3.63, 3.8) is 0 Å². The molecule has 0 saturated carbocycles. The second kappa shape index (κ2) is 4.34. The lowest BCUT2D eigenvalue weighted by Crippen LogP contribution is -1.99. The monoisotopic (exact) mass is 247 g/mol. The van der Waals surface area contributed by atoms with Crippen LogP contribution in [0.4, 0.5) is 5.82 Å². The van der Waals surface area contributed by atoms with Crippen molar-refractivity contribution in [1.82, 2.24) is 10.2 Å². The lowest BCUT2D eigenvalue weighted by atomic mass is 9.94. The summed E-state index contributed by atoms with van der Waals surface area (Å²) >= 11 is 5.87. The van der Waals surface area contributed by atoms with Crippen LogP contribution in [0.15, 0.2) is 18.2 Å². The van der Waals surface area contributed by atoms with Crippen LogP contribution in [0.2, 0.25) is 5.15 Å². The molecular formula is C13H14ClN3. The van der Waals surface area contributed by atoms with Crippen LogP contribution in [0, 0.1) is 20.8 Å². The summed E-state index contributed by atoms with van der Waals surface area (Å²) in [4.78, 5) is 0. The summed E-state index contributed by atoms with van der Waals surface area (Å²) < 4.78 is 0. The van der Waals surface area contributed by atoms with Gasteiger partial charge in [-0.1, -0.05) is 29.3 Å². The van der Waals surface area contributed by atoms with E-state index in [9.17, 15) is 0 Å². The van der Waals surface area contributed by atoms with Crippen LogP contribution in [0.5, 0.6) is 0 Å². The van der Waals surface area contributed by atoms with Gasteiger partial charge in [-0.15, -0.1) is 10.2 Å². The van der Waals surface area contributed by atoms with Gasteiger partial charge in [0.2, 0.25) is 0 Å². The average Bonchev–Trinajstić information content (AvgIpc) is 2.21. The van der Waals surface area contributed by atoms with Gasteiger partial charge >= 0.3 is 0 Å². The van der Waals surface area contributed by atoms with Crippen molar-refractivity contribution in [1.29, 1.82) is 0 Å². The molecule has 2 N–H and O–H groups in total. The maximum atomic E-state index is 5.87. The molecule has 0 aliphatic heterocycles. The molecule has 4 heteroatoms. The molecule has 17 heavy (non-hydrogen) atoms. The Bertz CT molecular complexity index is 556. The Labute approximate surface area is 106 Å². The minimum atomic E-state index is 0.355. The topological polar surface area (TPSA) is 51.8 Å². The molecule has 0 aliphatic carbocycles. The highest BCUT2D eigenvalue weighted by molar-refractivity contribution is 6.29. The van der Waals surface area contributed by atoms with Crippen LogP contribution in [0.3, 0.4) is 0 Å². The lowest BCUT2D eigenvalue weighted by molar-refractivity contribution is 1.04. The molecule has 0 spiro atoms. The summed E-state index contributed by atoms with van der Waals surface area (Å²) in [5.41, 5.74) is 11.4. The van der Waals surface area contributed by atoms with Crippen molar-refractivity contribution in [2.45, 2.75) is 20.8 Å². The highest BCUT2D eigenvalue weighted by atomic mass is 35.5. The predicted molar refractivity (Wildman–Crippen MR) is 71.1 cm³/mol. The van der Waals surface area contributed by atoms with E-state index in [1.54, 1.807) is 6.07 Å². The number of aryl methyl sites for hydroxylation is 3. The number of nitrogen functional groups attached to an aromatic ring is 1. The predicted octanol–water partition coefficient (Wildman–Crippen LogP) is 3.30. The average molecular weight is 248 g/mol. The first-order valence-corrected chi connectivity index (χ1v) is 5.73. The van der Waals surface area contributed by atoms with E-state index in [4.69, 9.17) is 17.3 Å². The molecule has 0 atom stereocenters. The first kappa shape index (κ1) is 11.9. The molecule has 1 aromatic heterocycles. The SMILES string of the molecule is Cc1cc(C)c(-c2cc(Cl)nnc2N)c(C)c1. The van der Waals surface area contributed by atoms with E-state index in [2.05, 4.69) is 43.1 Å². The van der Waals surface area contributed by atoms with Gasteiger partial charge < -0.3 is 5.73 Å². The van der Waals surface area contributed by atoms with Gasteiger partial charge in [0.1, 0.15) is 0 Å². The Kier molecular flexibility index (Phi) is 3.03. The third kappa shape index (κ3) is 2.24. The Morgan fingerprint density at radius 2 is 1.59 bits per heavy atom. The van der Waals surface area contributed by atoms with Crippen LogP contribution < -0.4 is 5.73 Å². The van der Waals surface area contributed by atoms with Gasteiger partial charge in [-0.05, 0) is 43.5 Å². The molecule has 0 aliphatic rings. The standard InChI is InChI=1S/C13H14ClN3/c1-7-4-8(2)12(9(3)5-7)10-6-11(14)16-17-13(10)15/h4-6H,1-3H3,(H2,15,17). The number of aromatic nitrogens is 2. The van der Waals surface area contributed by atoms with Crippen LogP contribution in [0.25, 0.3) is 11.1 Å². The number of halogens is 1. The Morgan fingerprint density at radius 3 is 2.18 bits per heavy atom. The van der Waals surface area contributed by atoms with Crippen molar-refractivity contribution in [2.24, 2.45) is 0 Å². The second-order valence-corrected chi connectivity index (χ2v) is 4.63. The number of benzene rings is 1. The molecule has 0 radical (unpaired) electrons. The van der Waals surface area contributed by atoms with Crippen molar-refractivity contribution >= 4 is 17.4 Å². The van der Waals surface area contributed by atoms with Crippen LogP contribution in [-0.2, 0) is 0 Å². The van der Waals surface area contributed by atoms with Gasteiger partial charge in [-0.2, -0.15) is 0 Å². The zero-order valence-corrected chi connectivity index (χ0v) is 10.8. The smallest absolute Gasteiger partial charge is 0.154 e. The third-order valence-corrected chi connectivity index (χ3v) is 2.92. The van der Waals surface area contributed by atoms with E-state index in [1.165, 1.54) is 16.7 Å². The van der Waals surface area contributed by atoms with Gasteiger partial charge in [-0.3, -0.25) is 0 Å². The first-order valence-electron chi connectivity index (χ1n) is 5.36.